The van der Waals surface area contributed by atoms with E-state index in [1.165, 1.54) is 6.33 Å². The van der Waals surface area contributed by atoms with Crippen LogP contribution in [0, 0.1) is 0 Å². The first-order chi connectivity index (χ1) is 11.5. The average Bonchev–Trinajstić information content (AvgIpc) is 3.08. The number of anilines is 2. The van der Waals surface area contributed by atoms with Gasteiger partial charge in [-0.15, -0.1) is 0 Å². The highest BCUT2D eigenvalue weighted by atomic mass is 35.5. The quantitative estimate of drug-likeness (QED) is 0.656. The minimum absolute atomic E-state index is 0.177. The van der Waals surface area contributed by atoms with Crippen molar-refractivity contribution in [1.29, 1.82) is 0 Å². The van der Waals surface area contributed by atoms with Crippen molar-refractivity contribution in [3.8, 4) is 5.82 Å². The molecule has 124 valence electrons. The number of hydrogen-bond donors (Lipinski definition) is 3. The molecule has 4 N–H and O–H groups in total. The van der Waals surface area contributed by atoms with Crippen molar-refractivity contribution in [1.82, 2.24) is 19.7 Å². The van der Waals surface area contributed by atoms with Crippen LogP contribution in [0.4, 0.5) is 11.5 Å². The molecule has 0 aliphatic carbocycles. The van der Waals surface area contributed by atoms with E-state index in [1.54, 1.807) is 42.2 Å². The van der Waals surface area contributed by atoms with Gasteiger partial charge in [-0.3, -0.25) is 0 Å². The standard InChI is InChI=1S/C16H17ClN6O/c1-16(24,11-5-2-3-6-12(11)17)9-19-14-13(18)15(21-10-20-14)23-8-4-7-22-23/h2-8,10,24H,9,18H2,1H3,(H,19,20,21). The third-order valence-corrected chi connectivity index (χ3v) is 3.97. The van der Waals surface area contributed by atoms with Gasteiger partial charge in [0.15, 0.2) is 11.6 Å². The van der Waals surface area contributed by atoms with E-state index in [0.717, 1.165) is 0 Å². The Hall–Kier alpha value is -2.64. The topological polar surface area (TPSA) is 102 Å². The van der Waals surface area contributed by atoms with Crippen molar-refractivity contribution < 1.29 is 5.11 Å². The molecule has 24 heavy (non-hydrogen) atoms. The highest BCUT2D eigenvalue weighted by molar-refractivity contribution is 6.31. The van der Waals surface area contributed by atoms with E-state index in [1.807, 2.05) is 12.1 Å². The number of aliphatic hydroxyl groups is 1. The van der Waals surface area contributed by atoms with Crippen LogP contribution in [0.25, 0.3) is 5.82 Å². The largest absolute Gasteiger partial charge is 0.393 e. The smallest absolute Gasteiger partial charge is 0.181 e. The number of nitrogens with one attached hydrogen (secondary N) is 1. The molecule has 0 bridgehead atoms. The minimum atomic E-state index is -1.19. The molecule has 0 spiro atoms. The van der Waals surface area contributed by atoms with Crippen LogP contribution < -0.4 is 11.1 Å². The Morgan fingerprint density at radius 2 is 2.08 bits per heavy atom. The van der Waals surface area contributed by atoms with Gasteiger partial charge in [0.05, 0.1) is 0 Å². The number of benzene rings is 1. The second-order valence-corrected chi connectivity index (χ2v) is 5.92. The fraction of sp³-hybridized carbons (Fsp3) is 0.188. The number of nitrogens with two attached hydrogens (primary N) is 1. The summed E-state index contributed by atoms with van der Waals surface area (Å²) in [6, 6.07) is 8.93. The first-order valence-electron chi connectivity index (χ1n) is 7.31. The van der Waals surface area contributed by atoms with E-state index in [0.29, 0.717) is 27.9 Å². The summed E-state index contributed by atoms with van der Waals surface area (Å²) < 4.78 is 1.55. The predicted molar refractivity (Wildman–Crippen MR) is 93.1 cm³/mol. The Labute approximate surface area is 144 Å². The first-order valence-corrected chi connectivity index (χ1v) is 7.68. The molecule has 0 amide bonds. The minimum Gasteiger partial charge on any atom is -0.393 e. The molecule has 1 unspecified atom stereocenters. The van der Waals surface area contributed by atoms with Crippen LogP contribution in [0.2, 0.25) is 5.02 Å². The maximum atomic E-state index is 10.7. The zero-order valence-electron chi connectivity index (χ0n) is 13.0. The van der Waals surface area contributed by atoms with Crippen LogP contribution in [0.5, 0.6) is 0 Å². The number of nitrogen functional groups attached to an aromatic ring is 1. The van der Waals surface area contributed by atoms with Crippen molar-refractivity contribution in [3.05, 3.63) is 59.6 Å². The van der Waals surface area contributed by atoms with Crippen LogP contribution in [0.15, 0.2) is 49.1 Å². The van der Waals surface area contributed by atoms with Gasteiger partial charge in [0.1, 0.15) is 17.6 Å². The van der Waals surface area contributed by atoms with Crippen molar-refractivity contribution in [2.75, 3.05) is 17.6 Å². The molecular formula is C16H17ClN6O. The Morgan fingerprint density at radius 1 is 1.29 bits per heavy atom. The molecular weight excluding hydrogens is 328 g/mol. The van der Waals surface area contributed by atoms with Gasteiger partial charge in [0, 0.05) is 29.5 Å². The maximum Gasteiger partial charge on any atom is 0.181 e. The number of aromatic nitrogens is 4. The molecule has 0 aliphatic heterocycles. The summed E-state index contributed by atoms with van der Waals surface area (Å²) in [4.78, 5) is 8.27. The molecule has 1 atom stereocenters. The van der Waals surface area contributed by atoms with Crippen LogP contribution in [-0.2, 0) is 5.60 Å². The summed E-state index contributed by atoms with van der Waals surface area (Å²) in [5, 5.41) is 18.4. The van der Waals surface area contributed by atoms with Crippen molar-refractivity contribution in [2.45, 2.75) is 12.5 Å². The van der Waals surface area contributed by atoms with Gasteiger partial charge in [-0.25, -0.2) is 14.6 Å². The molecule has 0 fully saturated rings. The van der Waals surface area contributed by atoms with E-state index >= 15 is 0 Å². The number of halogens is 1. The molecule has 3 rings (SSSR count). The van der Waals surface area contributed by atoms with Gasteiger partial charge in [0.25, 0.3) is 0 Å². The summed E-state index contributed by atoms with van der Waals surface area (Å²) in [6.07, 6.45) is 4.76. The Balaban J connectivity index is 1.82. The lowest BCUT2D eigenvalue weighted by Gasteiger charge is -2.26. The lowest BCUT2D eigenvalue weighted by atomic mass is 9.96. The summed E-state index contributed by atoms with van der Waals surface area (Å²) >= 11 is 6.16. The highest BCUT2D eigenvalue weighted by Gasteiger charge is 2.26. The lowest BCUT2D eigenvalue weighted by Crippen LogP contribution is -2.31. The van der Waals surface area contributed by atoms with E-state index < -0.39 is 5.60 Å². The SMILES string of the molecule is CC(O)(CNc1ncnc(-n2cccn2)c1N)c1ccccc1Cl. The summed E-state index contributed by atoms with van der Waals surface area (Å²) in [5.41, 5.74) is 5.89. The molecule has 0 radical (unpaired) electrons. The van der Waals surface area contributed by atoms with E-state index in [2.05, 4.69) is 20.4 Å². The fourth-order valence-electron chi connectivity index (χ4n) is 2.35. The van der Waals surface area contributed by atoms with E-state index in [9.17, 15) is 5.11 Å². The number of rotatable bonds is 5. The molecule has 2 heterocycles. The normalized spacial score (nSPS) is 13.5. The lowest BCUT2D eigenvalue weighted by molar-refractivity contribution is 0.0716. The van der Waals surface area contributed by atoms with Gasteiger partial charge in [-0.2, -0.15) is 5.10 Å². The fourth-order valence-corrected chi connectivity index (χ4v) is 2.69. The third-order valence-electron chi connectivity index (χ3n) is 3.64. The first kappa shape index (κ1) is 16.2. The van der Waals surface area contributed by atoms with Gasteiger partial charge < -0.3 is 16.2 Å². The van der Waals surface area contributed by atoms with Gasteiger partial charge in [0.2, 0.25) is 0 Å². The summed E-state index contributed by atoms with van der Waals surface area (Å²) in [7, 11) is 0. The van der Waals surface area contributed by atoms with Crippen LogP contribution >= 0.6 is 11.6 Å². The molecule has 0 saturated carbocycles. The Morgan fingerprint density at radius 3 is 2.79 bits per heavy atom. The maximum absolute atomic E-state index is 10.7. The monoisotopic (exact) mass is 344 g/mol. The molecule has 7 nitrogen and oxygen atoms in total. The van der Waals surface area contributed by atoms with Gasteiger partial charge in [-0.05, 0) is 19.1 Å². The molecule has 0 saturated heterocycles. The van der Waals surface area contributed by atoms with Crippen LogP contribution in [0.1, 0.15) is 12.5 Å². The molecule has 3 aromatic rings. The second kappa shape index (κ2) is 6.46. The Bertz CT molecular complexity index is 834. The number of hydrogen-bond acceptors (Lipinski definition) is 6. The summed E-state index contributed by atoms with van der Waals surface area (Å²) in [5.74, 6) is 0.887. The molecule has 8 heteroatoms. The number of nitrogens with zero attached hydrogens (tertiary/aromatic N) is 4. The van der Waals surface area contributed by atoms with Crippen molar-refractivity contribution in [3.63, 3.8) is 0 Å². The van der Waals surface area contributed by atoms with Crippen molar-refractivity contribution in [2.24, 2.45) is 0 Å². The molecule has 2 aromatic heterocycles. The Kier molecular flexibility index (Phi) is 4.37. The molecule has 1 aromatic carbocycles. The van der Waals surface area contributed by atoms with Crippen LogP contribution in [-0.4, -0.2) is 31.4 Å². The zero-order valence-corrected chi connectivity index (χ0v) is 13.8. The third kappa shape index (κ3) is 3.17. The van der Waals surface area contributed by atoms with E-state index in [4.69, 9.17) is 17.3 Å². The van der Waals surface area contributed by atoms with Gasteiger partial charge in [-0.1, -0.05) is 29.8 Å². The molecule has 0 aliphatic rings. The highest BCUT2D eigenvalue weighted by Crippen LogP contribution is 2.29. The van der Waals surface area contributed by atoms with Crippen molar-refractivity contribution >= 4 is 23.1 Å². The van der Waals surface area contributed by atoms with E-state index in [-0.39, 0.29) is 6.54 Å². The predicted octanol–water partition coefficient (Wildman–Crippen LogP) is 2.22. The average molecular weight is 345 g/mol. The second-order valence-electron chi connectivity index (χ2n) is 5.52. The zero-order chi connectivity index (χ0) is 17.2. The van der Waals surface area contributed by atoms with Crippen LogP contribution in [0.3, 0.4) is 0 Å². The summed E-state index contributed by atoms with van der Waals surface area (Å²) in [6.45, 7) is 1.85. The van der Waals surface area contributed by atoms with Gasteiger partial charge >= 0.3 is 0 Å².